The van der Waals surface area contributed by atoms with Crippen LogP contribution in [0.4, 0.5) is 9.59 Å². The van der Waals surface area contributed by atoms with Gasteiger partial charge in [0.1, 0.15) is 5.78 Å². The fraction of sp³-hybridized carbons (Fsp3) is 0.827. The third-order valence-corrected chi connectivity index (χ3v) is 13.1. The minimum Gasteiger partial charge on any atom is -0.436 e. The molecule has 0 saturated carbocycles. The molecule has 8 heterocycles. The third-order valence-electron chi connectivity index (χ3n) is 13.1. The minimum absolute atomic E-state index is 0. The van der Waals surface area contributed by atoms with Gasteiger partial charge in [-0.15, -0.1) is 12.8 Å². The van der Waals surface area contributed by atoms with Gasteiger partial charge in [-0.25, -0.2) is 9.59 Å². The van der Waals surface area contributed by atoms with E-state index in [0.717, 1.165) is 116 Å². The molecule has 18 heteroatoms. The average Bonchev–Trinajstić information content (AvgIpc) is 3.80. The van der Waals surface area contributed by atoms with E-state index in [2.05, 4.69) is 32.7 Å². The number of Topliss-reactive ketones (excluding diaryl/α,β-unsaturated/α-hetero) is 1. The van der Waals surface area contributed by atoms with Crippen molar-refractivity contribution in [3.05, 3.63) is 0 Å². The number of terminal acetylenes is 2. The fourth-order valence-electron chi connectivity index (χ4n) is 10.3. The number of carbonyl (C=O) groups excluding carboxylic acids is 5. The summed E-state index contributed by atoms with van der Waals surface area (Å²) in [5.41, 5.74) is 0.519. The van der Waals surface area contributed by atoms with Gasteiger partial charge in [-0.05, 0) is 169 Å². The van der Waals surface area contributed by atoms with E-state index >= 15 is 0 Å². The zero-order chi connectivity index (χ0) is 51.7. The van der Waals surface area contributed by atoms with E-state index in [9.17, 15) is 24.0 Å². The van der Waals surface area contributed by atoms with Gasteiger partial charge in [0.25, 0.3) is 0 Å². The number of carbonyl (C=O) groups is 5. The summed E-state index contributed by atoms with van der Waals surface area (Å²) in [5, 5.41) is 41.5. The van der Waals surface area contributed by atoms with Gasteiger partial charge in [-0.3, -0.25) is 14.4 Å². The Hall–Kier alpha value is -3.26. The van der Waals surface area contributed by atoms with Crippen molar-refractivity contribution < 1.29 is 75.6 Å². The number of amides is 4. The topological polar surface area (TPSA) is 231 Å². The first-order chi connectivity index (χ1) is 32.6. The van der Waals surface area contributed by atoms with Crippen LogP contribution in [0.3, 0.4) is 0 Å². The Kier molecular flexibility index (Phi) is 31.0. The quantitative estimate of drug-likeness (QED) is 0.153. The Labute approximate surface area is 434 Å². The summed E-state index contributed by atoms with van der Waals surface area (Å²) in [4.78, 5) is 64.6. The molecule has 4 amide bonds. The van der Waals surface area contributed by atoms with Gasteiger partial charge in [-0.1, -0.05) is 11.8 Å². The van der Waals surface area contributed by atoms with Gasteiger partial charge >= 0.3 is 12.2 Å². The van der Waals surface area contributed by atoms with E-state index in [0.29, 0.717) is 30.7 Å². The second kappa shape index (κ2) is 33.5. The summed E-state index contributed by atoms with van der Waals surface area (Å²) in [6.45, 7) is 19.9. The average molecular weight is 1020 g/mol. The number of hydrogen-bond donors (Lipinski definition) is 7. The van der Waals surface area contributed by atoms with E-state index in [4.69, 9.17) is 42.7 Å². The SMILES string of the molecule is C#CCOC(=O)N1C2CCCC1CC(=O)C2.C#CCOC(=O)N1C2CCCC1CC(N1CCC3(CC1)CNC(=O)C3)C2.CC(C)O.CC(C)O.CC(C)O.CC(C)O.O=C1CC2(CCNCC2)CN1.[Ti]. The largest absolute Gasteiger partial charge is 0.436 e. The van der Waals surface area contributed by atoms with Gasteiger partial charge < -0.3 is 60.5 Å². The maximum absolute atomic E-state index is 12.4. The molecule has 0 radical (unpaired) electrons. The molecule has 17 nitrogen and oxygen atoms in total. The summed E-state index contributed by atoms with van der Waals surface area (Å²) in [6, 6.07) is 1.17. The normalized spacial score (nSPS) is 25.6. The molecule has 8 rings (SSSR count). The van der Waals surface area contributed by atoms with Crippen molar-refractivity contribution >= 4 is 29.8 Å². The Morgan fingerprint density at radius 2 is 0.957 bits per heavy atom. The molecule has 7 N–H and O–H groups in total. The maximum Gasteiger partial charge on any atom is 0.411 e. The van der Waals surface area contributed by atoms with Gasteiger partial charge in [0.15, 0.2) is 13.2 Å². The predicted molar refractivity (Wildman–Crippen MR) is 267 cm³/mol. The monoisotopic (exact) mass is 1020 g/mol. The van der Waals surface area contributed by atoms with Crippen LogP contribution in [-0.2, 0) is 45.6 Å². The van der Waals surface area contributed by atoms with Crippen LogP contribution in [0.1, 0.15) is 158 Å². The summed E-state index contributed by atoms with van der Waals surface area (Å²) in [5.74, 6) is 5.38. The number of aliphatic hydroxyl groups is 4. The molecule has 0 aromatic heterocycles. The van der Waals surface area contributed by atoms with Crippen LogP contribution >= 0.6 is 0 Å². The van der Waals surface area contributed by atoms with Crippen LogP contribution in [0.25, 0.3) is 0 Å². The Morgan fingerprint density at radius 3 is 1.30 bits per heavy atom. The molecule has 8 saturated heterocycles. The standard InChI is InChI=1S/C20H29N3O3.C12H15NO3.C8H14N2O.4C3H8O.Ti/c1-2-10-26-19(25)23-15-4-3-5-16(23)12-17(11-15)22-8-6-20(7-9-22)13-18(24)21-14-20;1-2-6-16-12(15)13-9-4-3-5-10(13)8-11(14)7-9;11-7-5-8(6-10-7)1-3-9-4-2-8;4*1-3(2)4;/h1,15-17H,3-14H2,(H,21,24);1,9-10H,3-8H2;9H,1-6H2,(H,10,11);4*3-4H,1-2H3;. The van der Waals surface area contributed by atoms with E-state index in [-0.39, 0.29) is 119 Å². The zero-order valence-corrected chi connectivity index (χ0v) is 45.4. The Morgan fingerprint density at radius 1 is 0.614 bits per heavy atom. The summed E-state index contributed by atoms with van der Waals surface area (Å²) >= 11 is 0. The van der Waals surface area contributed by atoms with Crippen molar-refractivity contribution in [2.24, 2.45) is 10.8 Å². The molecule has 398 valence electrons. The molecule has 8 aliphatic rings. The van der Waals surface area contributed by atoms with Crippen LogP contribution in [-0.4, -0.2) is 172 Å². The first-order valence-corrected chi connectivity index (χ1v) is 25.6. The molecule has 0 aliphatic carbocycles. The minimum atomic E-state index is -0.361. The van der Waals surface area contributed by atoms with Crippen LogP contribution in [0.15, 0.2) is 0 Å². The van der Waals surface area contributed by atoms with Crippen LogP contribution in [0.5, 0.6) is 0 Å². The van der Waals surface area contributed by atoms with Crippen LogP contribution in [0.2, 0.25) is 0 Å². The molecule has 4 bridgehead atoms. The Balaban J connectivity index is 0.000000476. The molecule has 8 fully saturated rings. The molecular weight excluding hydrogens is 932 g/mol. The number of hydrogen-bond acceptors (Lipinski definition) is 13. The number of fused-ring (bicyclic) bond motifs is 4. The first kappa shape index (κ1) is 64.8. The number of ketones is 1. The van der Waals surface area contributed by atoms with Gasteiger partial charge in [-0.2, -0.15) is 0 Å². The number of nitrogens with zero attached hydrogens (tertiary/aromatic N) is 3. The molecule has 4 atom stereocenters. The van der Waals surface area contributed by atoms with Crippen molar-refractivity contribution in [2.75, 3.05) is 52.5 Å². The summed E-state index contributed by atoms with van der Waals surface area (Å²) < 4.78 is 10.2. The number of aliphatic hydroxyl groups excluding tert-OH is 4. The van der Waals surface area contributed by atoms with Crippen molar-refractivity contribution in [1.29, 1.82) is 0 Å². The third kappa shape index (κ3) is 24.0. The van der Waals surface area contributed by atoms with Gasteiger partial charge in [0.05, 0.1) is 0 Å². The molecule has 4 unspecified atom stereocenters. The number of nitrogens with one attached hydrogen (secondary N) is 3. The van der Waals surface area contributed by atoms with E-state index < -0.39 is 0 Å². The number of likely N-dealkylation sites (tertiary alicyclic amines) is 1. The zero-order valence-electron chi connectivity index (χ0n) is 43.8. The van der Waals surface area contributed by atoms with Gasteiger partial charge in [0.2, 0.25) is 11.8 Å². The maximum atomic E-state index is 12.4. The van der Waals surface area contributed by atoms with E-state index in [1.807, 2.05) is 4.90 Å². The van der Waals surface area contributed by atoms with Crippen LogP contribution in [0, 0.1) is 35.5 Å². The molecule has 0 aromatic carbocycles. The fourth-order valence-corrected chi connectivity index (χ4v) is 10.3. The van der Waals surface area contributed by atoms with Crippen molar-refractivity contribution in [3.63, 3.8) is 0 Å². The van der Waals surface area contributed by atoms with Gasteiger partial charge in [0, 0.05) is 115 Å². The molecule has 70 heavy (non-hydrogen) atoms. The van der Waals surface area contributed by atoms with E-state index in [1.54, 1.807) is 60.3 Å². The van der Waals surface area contributed by atoms with Crippen molar-refractivity contribution in [2.45, 2.75) is 213 Å². The molecular formula is C52H90N6O11Ti. The Bertz CT molecular complexity index is 1590. The summed E-state index contributed by atoms with van der Waals surface area (Å²) in [7, 11) is 0. The predicted octanol–water partition coefficient (Wildman–Crippen LogP) is 4.51. The second-order valence-electron chi connectivity index (χ2n) is 20.9. The molecule has 2 spiro atoms. The van der Waals surface area contributed by atoms with E-state index in [1.165, 1.54) is 6.42 Å². The smallest absolute Gasteiger partial charge is 0.411 e. The first-order valence-electron chi connectivity index (χ1n) is 25.6. The number of rotatable bonds is 3. The summed E-state index contributed by atoms with van der Waals surface area (Å²) in [6.07, 6.45) is 24.2. The number of ether oxygens (including phenoxy) is 2. The van der Waals surface area contributed by atoms with Crippen molar-refractivity contribution in [1.82, 2.24) is 30.7 Å². The van der Waals surface area contributed by atoms with Crippen molar-refractivity contribution in [3.8, 4) is 24.7 Å². The number of piperidine rings is 6. The molecule has 8 aliphatic heterocycles. The van der Waals surface area contributed by atoms with Crippen LogP contribution < -0.4 is 16.0 Å². The second-order valence-corrected chi connectivity index (χ2v) is 20.9. The molecule has 0 aromatic rings.